The van der Waals surface area contributed by atoms with Gasteiger partial charge in [-0.3, -0.25) is 0 Å². The summed E-state index contributed by atoms with van der Waals surface area (Å²) in [5.41, 5.74) is 7.23. The summed E-state index contributed by atoms with van der Waals surface area (Å²) in [7, 11) is 0. The minimum atomic E-state index is -0.215. The van der Waals surface area contributed by atoms with Gasteiger partial charge in [-0.1, -0.05) is 0 Å². The van der Waals surface area contributed by atoms with E-state index in [1.807, 2.05) is 4.57 Å². The Bertz CT molecular complexity index is 523. The Kier molecular flexibility index (Phi) is 2.03. The van der Waals surface area contributed by atoms with E-state index in [4.69, 9.17) is 5.73 Å². The highest BCUT2D eigenvalue weighted by Gasteiger charge is 2.26. The van der Waals surface area contributed by atoms with E-state index in [1.54, 1.807) is 6.33 Å². The lowest BCUT2D eigenvalue weighted by Crippen LogP contribution is -2.07. The number of imidazole rings is 1. The van der Waals surface area contributed by atoms with E-state index in [-0.39, 0.29) is 12.1 Å². The number of anilines is 1. The Morgan fingerprint density at radius 3 is 2.94 bits per heavy atom. The third-order valence-electron chi connectivity index (χ3n) is 3.16. The average Bonchev–Trinajstić information content (AvgIpc) is 2.84. The quantitative estimate of drug-likeness (QED) is 0.728. The molecule has 3 N–H and O–H groups in total. The zero-order valence-electron chi connectivity index (χ0n) is 8.74. The van der Waals surface area contributed by atoms with Gasteiger partial charge in [0.1, 0.15) is 11.8 Å². The van der Waals surface area contributed by atoms with Gasteiger partial charge in [0.2, 0.25) is 0 Å². The topological polar surface area (TPSA) is 89.9 Å². The molecule has 6 nitrogen and oxygen atoms in total. The second-order valence-electron chi connectivity index (χ2n) is 4.20. The highest BCUT2D eigenvalue weighted by molar-refractivity contribution is 5.81. The van der Waals surface area contributed by atoms with Crippen LogP contribution in [0.25, 0.3) is 11.2 Å². The van der Waals surface area contributed by atoms with E-state index >= 15 is 0 Å². The van der Waals surface area contributed by atoms with Gasteiger partial charge in [0.05, 0.1) is 12.4 Å². The molecule has 2 heterocycles. The predicted molar refractivity (Wildman–Crippen MR) is 58.6 cm³/mol. The molecule has 6 heteroatoms. The molecule has 0 spiro atoms. The molecular formula is C10H13N5O. The Morgan fingerprint density at radius 1 is 1.31 bits per heavy atom. The number of nitrogens with zero attached hydrogens (tertiary/aromatic N) is 4. The minimum absolute atomic E-state index is 0.215. The van der Waals surface area contributed by atoms with Gasteiger partial charge < -0.3 is 15.4 Å². The molecule has 2 aromatic rings. The average molecular weight is 219 g/mol. The summed E-state index contributed by atoms with van der Waals surface area (Å²) in [4.78, 5) is 12.2. The molecule has 2 aromatic heterocycles. The van der Waals surface area contributed by atoms with Crippen molar-refractivity contribution in [3.8, 4) is 0 Å². The standard InChI is InChI=1S/C10H13N5O/c11-9-8-10(13-4-12-9)14-5-15(8)6-1-2-7(16)3-6/h4-7,16H,1-3H2,(H2,11,12,13)/t6-,7-/m1/s1. The molecule has 1 aliphatic carbocycles. The van der Waals surface area contributed by atoms with Gasteiger partial charge in [-0.25, -0.2) is 15.0 Å². The van der Waals surface area contributed by atoms with Crippen LogP contribution in [0.4, 0.5) is 5.82 Å². The van der Waals surface area contributed by atoms with Crippen LogP contribution < -0.4 is 5.73 Å². The first-order valence-electron chi connectivity index (χ1n) is 5.37. The monoisotopic (exact) mass is 219 g/mol. The van der Waals surface area contributed by atoms with Crippen molar-refractivity contribution in [1.29, 1.82) is 0 Å². The van der Waals surface area contributed by atoms with Crippen molar-refractivity contribution in [2.45, 2.75) is 31.4 Å². The van der Waals surface area contributed by atoms with E-state index in [1.165, 1.54) is 6.33 Å². The molecule has 16 heavy (non-hydrogen) atoms. The van der Waals surface area contributed by atoms with Crippen molar-refractivity contribution in [3.05, 3.63) is 12.7 Å². The van der Waals surface area contributed by atoms with Gasteiger partial charge in [0, 0.05) is 6.04 Å². The lowest BCUT2D eigenvalue weighted by Gasteiger charge is -2.12. The SMILES string of the molecule is Nc1ncnc2ncn([C@@H]3CC[C@@H](O)C3)c12. The van der Waals surface area contributed by atoms with Crippen molar-refractivity contribution in [2.75, 3.05) is 5.73 Å². The van der Waals surface area contributed by atoms with Gasteiger partial charge in [-0.2, -0.15) is 0 Å². The molecule has 0 bridgehead atoms. The lowest BCUT2D eigenvalue weighted by molar-refractivity contribution is 0.178. The Morgan fingerprint density at radius 2 is 2.19 bits per heavy atom. The van der Waals surface area contributed by atoms with Gasteiger partial charge in [0.25, 0.3) is 0 Å². The summed E-state index contributed by atoms with van der Waals surface area (Å²) in [6, 6.07) is 0.258. The predicted octanol–water partition coefficient (Wildman–Crippen LogP) is 0.494. The maximum Gasteiger partial charge on any atom is 0.182 e. The van der Waals surface area contributed by atoms with Crippen molar-refractivity contribution in [2.24, 2.45) is 0 Å². The number of aliphatic hydroxyl groups is 1. The van der Waals surface area contributed by atoms with Crippen molar-refractivity contribution in [3.63, 3.8) is 0 Å². The molecule has 0 amide bonds. The van der Waals surface area contributed by atoms with Gasteiger partial charge in [-0.15, -0.1) is 0 Å². The van der Waals surface area contributed by atoms with Crippen LogP contribution in [-0.4, -0.2) is 30.7 Å². The number of hydrogen-bond donors (Lipinski definition) is 2. The van der Waals surface area contributed by atoms with Gasteiger partial charge >= 0.3 is 0 Å². The highest BCUT2D eigenvalue weighted by Crippen LogP contribution is 2.32. The third kappa shape index (κ3) is 1.34. The van der Waals surface area contributed by atoms with E-state index in [0.29, 0.717) is 11.5 Å². The summed E-state index contributed by atoms with van der Waals surface area (Å²) >= 11 is 0. The molecule has 0 aliphatic heterocycles. The molecule has 0 saturated heterocycles. The molecule has 84 valence electrons. The lowest BCUT2D eigenvalue weighted by atomic mass is 10.2. The smallest absolute Gasteiger partial charge is 0.182 e. The second kappa shape index (κ2) is 3.41. The number of nitrogen functional groups attached to an aromatic ring is 1. The van der Waals surface area contributed by atoms with Crippen LogP contribution in [-0.2, 0) is 0 Å². The second-order valence-corrected chi connectivity index (χ2v) is 4.20. The van der Waals surface area contributed by atoms with Crippen molar-refractivity contribution in [1.82, 2.24) is 19.5 Å². The van der Waals surface area contributed by atoms with E-state index in [9.17, 15) is 5.11 Å². The molecule has 0 aromatic carbocycles. The van der Waals surface area contributed by atoms with Crippen molar-refractivity contribution < 1.29 is 5.11 Å². The Labute approximate surface area is 92.1 Å². The molecule has 1 fully saturated rings. The number of fused-ring (bicyclic) bond motifs is 1. The normalized spacial score (nSPS) is 25.3. The first-order chi connectivity index (χ1) is 7.75. The molecule has 3 rings (SSSR count). The summed E-state index contributed by atoms with van der Waals surface area (Å²) < 4.78 is 1.99. The Balaban J connectivity index is 2.10. The van der Waals surface area contributed by atoms with Gasteiger partial charge in [-0.05, 0) is 19.3 Å². The molecule has 0 radical (unpaired) electrons. The van der Waals surface area contributed by atoms with E-state index in [2.05, 4.69) is 15.0 Å². The largest absolute Gasteiger partial charge is 0.393 e. The Hall–Kier alpha value is -1.69. The number of hydrogen-bond acceptors (Lipinski definition) is 5. The molecule has 1 aliphatic rings. The van der Waals surface area contributed by atoms with Crippen LogP contribution in [0.3, 0.4) is 0 Å². The molecule has 0 unspecified atom stereocenters. The maximum absolute atomic E-state index is 9.54. The zero-order valence-corrected chi connectivity index (χ0v) is 8.74. The maximum atomic E-state index is 9.54. The third-order valence-corrected chi connectivity index (χ3v) is 3.16. The first kappa shape index (κ1) is 9.53. The summed E-state index contributed by atoms with van der Waals surface area (Å²) in [5.74, 6) is 0.448. The van der Waals surface area contributed by atoms with E-state index < -0.39 is 0 Å². The molecule has 1 saturated carbocycles. The zero-order chi connectivity index (χ0) is 11.1. The van der Waals surface area contributed by atoms with Crippen LogP contribution in [0.2, 0.25) is 0 Å². The van der Waals surface area contributed by atoms with E-state index in [0.717, 1.165) is 24.8 Å². The van der Waals surface area contributed by atoms with Crippen LogP contribution in [0.5, 0.6) is 0 Å². The number of nitrogens with two attached hydrogens (primary N) is 1. The van der Waals surface area contributed by atoms with Gasteiger partial charge in [0.15, 0.2) is 11.5 Å². The molecular weight excluding hydrogens is 206 g/mol. The van der Waals surface area contributed by atoms with Crippen LogP contribution in [0.15, 0.2) is 12.7 Å². The number of aromatic nitrogens is 4. The summed E-state index contributed by atoms with van der Waals surface area (Å²) in [6.07, 6.45) is 5.46. The fourth-order valence-electron chi connectivity index (χ4n) is 2.36. The fourth-order valence-corrected chi connectivity index (χ4v) is 2.36. The minimum Gasteiger partial charge on any atom is -0.393 e. The van der Waals surface area contributed by atoms with Crippen LogP contribution in [0.1, 0.15) is 25.3 Å². The summed E-state index contributed by atoms with van der Waals surface area (Å²) in [6.45, 7) is 0. The number of aliphatic hydroxyl groups excluding tert-OH is 1. The first-order valence-corrected chi connectivity index (χ1v) is 5.37. The molecule has 2 atom stereocenters. The van der Waals surface area contributed by atoms with Crippen LogP contribution in [0, 0.1) is 0 Å². The van der Waals surface area contributed by atoms with Crippen molar-refractivity contribution >= 4 is 17.0 Å². The highest BCUT2D eigenvalue weighted by atomic mass is 16.3. The van der Waals surface area contributed by atoms with Crippen LogP contribution >= 0.6 is 0 Å². The fraction of sp³-hybridized carbons (Fsp3) is 0.500. The number of rotatable bonds is 1. The summed E-state index contributed by atoms with van der Waals surface area (Å²) in [5, 5.41) is 9.54.